The van der Waals surface area contributed by atoms with Gasteiger partial charge in [-0.05, 0) is 23.8 Å². The molecule has 19 heavy (non-hydrogen) atoms. The van der Waals surface area contributed by atoms with Crippen LogP contribution in [0.15, 0.2) is 39.7 Å². The molecule has 0 spiro atoms. The summed E-state index contributed by atoms with van der Waals surface area (Å²) in [6, 6.07) is 8.90. The van der Waals surface area contributed by atoms with Crippen LogP contribution in [0.4, 0.5) is 5.82 Å². The first kappa shape index (κ1) is 11.0. The number of rotatable bonds is 1. The summed E-state index contributed by atoms with van der Waals surface area (Å²) >= 11 is 0. The molecule has 0 bridgehead atoms. The normalized spacial score (nSPS) is 10.5. The zero-order valence-electron chi connectivity index (χ0n) is 9.68. The summed E-state index contributed by atoms with van der Waals surface area (Å²) in [5.41, 5.74) is 8.41. The highest BCUT2D eigenvalue weighted by atomic mass is 16.4. The first-order valence-electron chi connectivity index (χ1n) is 5.47. The number of aromatic amines is 1. The molecule has 0 atom stereocenters. The second-order valence-corrected chi connectivity index (χ2v) is 3.96. The lowest BCUT2D eigenvalue weighted by atomic mass is 10.0. The highest BCUT2D eigenvalue weighted by Crippen LogP contribution is 2.27. The third-order valence-corrected chi connectivity index (χ3v) is 2.82. The van der Waals surface area contributed by atoms with Crippen LogP contribution >= 0.6 is 0 Å². The fourth-order valence-electron chi connectivity index (χ4n) is 1.95. The number of anilines is 1. The van der Waals surface area contributed by atoms with Crippen LogP contribution < -0.4 is 11.5 Å². The number of oxazole rings is 1. The quantitative estimate of drug-likeness (QED) is 0.684. The topological polar surface area (TPSA) is 109 Å². The fraction of sp³-hybridized carbons (Fsp3) is 0. The Morgan fingerprint density at radius 1 is 1.37 bits per heavy atom. The van der Waals surface area contributed by atoms with E-state index in [1.807, 2.05) is 6.07 Å². The van der Waals surface area contributed by atoms with Gasteiger partial charge in [0.05, 0.1) is 5.52 Å². The van der Waals surface area contributed by atoms with Gasteiger partial charge >= 0.3 is 5.76 Å². The van der Waals surface area contributed by atoms with Gasteiger partial charge in [0.25, 0.3) is 0 Å². The molecule has 0 aliphatic heterocycles. The molecule has 0 saturated heterocycles. The summed E-state index contributed by atoms with van der Waals surface area (Å²) in [4.78, 5) is 17.5. The highest BCUT2D eigenvalue weighted by molar-refractivity contribution is 5.83. The predicted octanol–water partition coefficient (Wildman–Crippen LogP) is 1.64. The number of aromatic nitrogens is 2. The maximum absolute atomic E-state index is 11.1. The molecule has 0 radical (unpaired) electrons. The molecule has 92 valence electrons. The van der Waals surface area contributed by atoms with Crippen LogP contribution in [-0.4, -0.2) is 9.97 Å². The molecule has 0 amide bonds. The van der Waals surface area contributed by atoms with Gasteiger partial charge in [-0.25, -0.2) is 9.78 Å². The van der Waals surface area contributed by atoms with Gasteiger partial charge in [0.15, 0.2) is 5.58 Å². The van der Waals surface area contributed by atoms with Crippen LogP contribution in [0.2, 0.25) is 0 Å². The smallest absolute Gasteiger partial charge is 0.408 e. The molecule has 6 nitrogen and oxygen atoms in total. The van der Waals surface area contributed by atoms with Crippen molar-refractivity contribution < 1.29 is 4.42 Å². The molecule has 1 aromatic carbocycles. The molecule has 0 fully saturated rings. The summed E-state index contributed by atoms with van der Waals surface area (Å²) < 4.78 is 4.99. The molecule has 2 heterocycles. The SMILES string of the molecule is N#Cc1c(-c2ccc3[nH]c(=O)oc3c2)ccnc1N. The van der Waals surface area contributed by atoms with Gasteiger partial charge in [-0.1, -0.05) is 6.07 Å². The zero-order valence-corrected chi connectivity index (χ0v) is 9.68. The van der Waals surface area contributed by atoms with Crippen molar-refractivity contribution in [3.8, 4) is 17.2 Å². The highest BCUT2D eigenvalue weighted by Gasteiger charge is 2.10. The van der Waals surface area contributed by atoms with Crippen molar-refractivity contribution >= 4 is 16.9 Å². The lowest BCUT2D eigenvalue weighted by molar-refractivity contribution is 0.555. The van der Waals surface area contributed by atoms with E-state index in [-0.39, 0.29) is 5.82 Å². The summed E-state index contributed by atoms with van der Waals surface area (Å²) in [5.74, 6) is -0.336. The second kappa shape index (κ2) is 3.99. The maximum atomic E-state index is 11.1. The van der Waals surface area contributed by atoms with Crippen LogP contribution in [0.1, 0.15) is 5.56 Å². The molecule has 0 aliphatic rings. The zero-order chi connectivity index (χ0) is 13.4. The van der Waals surface area contributed by atoms with E-state index < -0.39 is 5.76 Å². The first-order valence-corrected chi connectivity index (χ1v) is 5.47. The number of fused-ring (bicyclic) bond motifs is 1. The number of pyridine rings is 1. The summed E-state index contributed by atoms with van der Waals surface area (Å²) in [7, 11) is 0. The van der Waals surface area contributed by atoms with Crippen molar-refractivity contribution in [2.75, 3.05) is 5.73 Å². The second-order valence-electron chi connectivity index (χ2n) is 3.96. The Morgan fingerprint density at radius 2 is 2.21 bits per heavy atom. The third-order valence-electron chi connectivity index (χ3n) is 2.82. The minimum Gasteiger partial charge on any atom is -0.408 e. The van der Waals surface area contributed by atoms with Crippen LogP contribution in [0.25, 0.3) is 22.2 Å². The Labute approximate surface area is 107 Å². The molecule has 0 aliphatic carbocycles. The lowest BCUT2D eigenvalue weighted by Gasteiger charge is -2.05. The summed E-state index contributed by atoms with van der Waals surface area (Å²) in [5, 5.41) is 9.13. The Kier molecular flexibility index (Phi) is 2.32. The number of hydrogen-bond acceptors (Lipinski definition) is 5. The number of nitrogen functional groups attached to an aromatic ring is 1. The van der Waals surface area contributed by atoms with E-state index in [0.717, 1.165) is 5.56 Å². The molecule has 6 heteroatoms. The number of nitrogens with zero attached hydrogens (tertiary/aromatic N) is 2. The van der Waals surface area contributed by atoms with Crippen molar-refractivity contribution in [3.05, 3.63) is 46.6 Å². The van der Waals surface area contributed by atoms with E-state index in [1.165, 1.54) is 6.20 Å². The van der Waals surface area contributed by atoms with E-state index in [4.69, 9.17) is 15.4 Å². The Balaban J connectivity index is 2.27. The van der Waals surface area contributed by atoms with Crippen molar-refractivity contribution in [1.29, 1.82) is 5.26 Å². The van der Waals surface area contributed by atoms with Gasteiger partial charge in [-0.15, -0.1) is 0 Å². The number of benzene rings is 1. The van der Waals surface area contributed by atoms with Crippen molar-refractivity contribution in [1.82, 2.24) is 9.97 Å². The van der Waals surface area contributed by atoms with Gasteiger partial charge in [0.2, 0.25) is 0 Å². The van der Waals surface area contributed by atoms with Gasteiger partial charge in [0, 0.05) is 11.8 Å². The lowest BCUT2D eigenvalue weighted by Crippen LogP contribution is -1.96. The van der Waals surface area contributed by atoms with Crippen molar-refractivity contribution in [2.45, 2.75) is 0 Å². The molecule has 0 saturated carbocycles. The monoisotopic (exact) mass is 252 g/mol. The van der Waals surface area contributed by atoms with Crippen LogP contribution in [0, 0.1) is 11.3 Å². The molecule has 3 N–H and O–H groups in total. The molecule has 3 aromatic rings. The van der Waals surface area contributed by atoms with Crippen LogP contribution in [-0.2, 0) is 0 Å². The van der Waals surface area contributed by atoms with Crippen molar-refractivity contribution in [2.24, 2.45) is 0 Å². The molecule has 3 rings (SSSR count). The average Bonchev–Trinajstić information content (AvgIpc) is 2.77. The van der Waals surface area contributed by atoms with E-state index in [1.54, 1.807) is 24.3 Å². The summed E-state index contributed by atoms with van der Waals surface area (Å²) in [6.07, 6.45) is 1.53. The summed E-state index contributed by atoms with van der Waals surface area (Å²) in [6.45, 7) is 0. The number of hydrogen-bond donors (Lipinski definition) is 2. The minimum atomic E-state index is -0.512. The number of nitrogens with two attached hydrogens (primary N) is 1. The Hall–Kier alpha value is -3.07. The standard InChI is InChI=1S/C13H8N4O2/c14-6-9-8(3-4-16-12(9)15)7-1-2-10-11(5-7)19-13(18)17-10/h1-5H,(H2,15,16)(H,17,18). The largest absolute Gasteiger partial charge is 0.417 e. The molecular formula is C13H8N4O2. The number of H-pyrrole nitrogens is 1. The van der Waals surface area contributed by atoms with Crippen LogP contribution in [0.5, 0.6) is 0 Å². The van der Waals surface area contributed by atoms with Crippen LogP contribution in [0.3, 0.4) is 0 Å². The first-order chi connectivity index (χ1) is 9.19. The van der Waals surface area contributed by atoms with E-state index in [0.29, 0.717) is 22.2 Å². The van der Waals surface area contributed by atoms with E-state index in [9.17, 15) is 4.79 Å². The van der Waals surface area contributed by atoms with E-state index in [2.05, 4.69) is 9.97 Å². The molecular weight excluding hydrogens is 244 g/mol. The van der Waals surface area contributed by atoms with Crippen molar-refractivity contribution in [3.63, 3.8) is 0 Å². The molecule has 2 aromatic heterocycles. The number of nitrogens with one attached hydrogen (secondary N) is 1. The predicted molar refractivity (Wildman–Crippen MR) is 69.2 cm³/mol. The minimum absolute atomic E-state index is 0.176. The van der Waals surface area contributed by atoms with Gasteiger partial charge < -0.3 is 10.2 Å². The van der Waals surface area contributed by atoms with Gasteiger partial charge in [-0.2, -0.15) is 5.26 Å². The van der Waals surface area contributed by atoms with Gasteiger partial charge in [0.1, 0.15) is 17.5 Å². The number of nitriles is 1. The fourth-order valence-corrected chi connectivity index (χ4v) is 1.95. The Bertz CT molecular complexity index is 870. The third kappa shape index (κ3) is 1.73. The Morgan fingerprint density at radius 3 is 3.00 bits per heavy atom. The van der Waals surface area contributed by atoms with Gasteiger partial charge in [-0.3, -0.25) is 4.98 Å². The molecule has 0 unspecified atom stereocenters. The van der Waals surface area contributed by atoms with E-state index >= 15 is 0 Å². The maximum Gasteiger partial charge on any atom is 0.417 e. The average molecular weight is 252 g/mol.